The Morgan fingerprint density at radius 2 is 1.67 bits per heavy atom. The highest BCUT2D eigenvalue weighted by Gasteiger charge is 2.63. The van der Waals surface area contributed by atoms with E-state index in [9.17, 15) is 8.78 Å². The van der Waals surface area contributed by atoms with Gasteiger partial charge in [0, 0.05) is 25.6 Å². The second kappa shape index (κ2) is 4.34. The van der Waals surface area contributed by atoms with Gasteiger partial charge in [-0.15, -0.1) is 0 Å². The Morgan fingerprint density at radius 3 is 1.93 bits per heavy atom. The molecule has 2 rings (SSSR count). The Bertz CT molecular complexity index is 207. The van der Waals surface area contributed by atoms with Gasteiger partial charge in [0.15, 0.2) is 0 Å². The minimum atomic E-state index is -2.34. The summed E-state index contributed by atoms with van der Waals surface area (Å²) in [6, 6.07) is 0. The topological polar surface area (TPSA) is 12.5 Å². The molecule has 15 heavy (non-hydrogen) atoms. The van der Waals surface area contributed by atoms with Crippen LogP contribution in [0.4, 0.5) is 8.78 Å². The number of alkyl halides is 2. The Labute approximate surface area is 90.6 Å². The van der Waals surface area contributed by atoms with E-state index in [1.807, 2.05) is 20.9 Å². The minimum absolute atomic E-state index is 0.154. The van der Waals surface area contributed by atoms with Crippen molar-refractivity contribution in [2.24, 2.45) is 5.41 Å². The summed E-state index contributed by atoms with van der Waals surface area (Å²) in [5, 5.41) is 0. The van der Waals surface area contributed by atoms with Gasteiger partial charge in [-0.3, -0.25) is 0 Å². The second-order valence-corrected chi connectivity index (χ2v) is 4.60. The third kappa shape index (κ3) is 2.02. The molecule has 1 heterocycles. The van der Waals surface area contributed by atoms with Crippen molar-refractivity contribution in [3.63, 3.8) is 0 Å². The first kappa shape index (κ1) is 12.8. The van der Waals surface area contributed by atoms with Crippen LogP contribution in [0.3, 0.4) is 0 Å². The van der Waals surface area contributed by atoms with E-state index in [0.717, 1.165) is 13.1 Å². The van der Waals surface area contributed by atoms with Crippen LogP contribution in [-0.4, -0.2) is 44.2 Å². The molecule has 1 saturated heterocycles. The first-order valence-corrected chi connectivity index (χ1v) is 5.54. The molecule has 0 unspecified atom stereocenters. The Kier molecular flexibility index (Phi) is 3.71. The second-order valence-electron chi connectivity index (χ2n) is 4.60. The van der Waals surface area contributed by atoms with Gasteiger partial charge in [-0.25, -0.2) is 8.78 Å². The van der Waals surface area contributed by atoms with E-state index in [1.54, 1.807) is 0 Å². The van der Waals surface area contributed by atoms with Crippen LogP contribution in [-0.2, 0) is 4.74 Å². The molecular weight excluding hydrogens is 200 g/mol. The summed E-state index contributed by atoms with van der Waals surface area (Å²) in [4.78, 5) is 2.16. The summed E-state index contributed by atoms with van der Waals surface area (Å²) in [7, 11) is 3.40. The van der Waals surface area contributed by atoms with Crippen molar-refractivity contribution in [3.8, 4) is 0 Å². The van der Waals surface area contributed by atoms with Crippen LogP contribution in [0.5, 0.6) is 0 Å². The number of ether oxygens (including phenoxy) is 1. The molecule has 90 valence electrons. The van der Waals surface area contributed by atoms with Crippen LogP contribution in [0, 0.1) is 5.41 Å². The molecule has 0 amide bonds. The highest BCUT2D eigenvalue weighted by atomic mass is 19.3. The maximum atomic E-state index is 12.6. The van der Waals surface area contributed by atoms with Crippen LogP contribution in [0.15, 0.2) is 0 Å². The standard InChI is InChI=1S/C9H15F2NO.C2H6/c1-12-5-8(6-12)3-9(4-8,13-2)7(10)11;1-2/h7H,3-6H2,1-2H3;1-2H3. The number of hydrogen-bond donors (Lipinski definition) is 0. The van der Waals surface area contributed by atoms with Crippen LogP contribution >= 0.6 is 0 Å². The molecule has 0 atom stereocenters. The lowest BCUT2D eigenvalue weighted by Crippen LogP contribution is -2.69. The molecule has 0 aromatic rings. The quantitative estimate of drug-likeness (QED) is 0.710. The fraction of sp³-hybridized carbons (Fsp3) is 1.00. The van der Waals surface area contributed by atoms with E-state index in [2.05, 4.69) is 4.90 Å². The third-order valence-electron chi connectivity index (χ3n) is 3.36. The zero-order valence-corrected chi connectivity index (χ0v) is 10.0. The monoisotopic (exact) mass is 221 g/mol. The summed E-state index contributed by atoms with van der Waals surface area (Å²) in [6.07, 6.45) is -1.29. The normalized spacial score (nSPS) is 26.6. The smallest absolute Gasteiger partial charge is 0.267 e. The summed E-state index contributed by atoms with van der Waals surface area (Å²) >= 11 is 0. The molecule has 1 saturated carbocycles. The van der Waals surface area contributed by atoms with E-state index in [1.165, 1.54) is 7.11 Å². The molecule has 0 aromatic carbocycles. The predicted molar refractivity (Wildman–Crippen MR) is 56.3 cm³/mol. The van der Waals surface area contributed by atoms with Crippen molar-refractivity contribution in [1.82, 2.24) is 4.90 Å². The SMILES string of the molecule is CC.COC1(C(F)F)CC2(CN(C)C2)C1. The fourth-order valence-electron chi connectivity index (χ4n) is 2.93. The van der Waals surface area contributed by atoms with Gasteiger partial charge in [-0.2, -0.15) is 0 Å². The first-order chi connectivity index (χ1) is 7.02. The molecule has 4 heteroatoms. The van der Waals surface area contributed by atoms with Crippen LogP contribution in [0.1, 0.15) is 26.7 Å². The average Bonchev–Trinajstić information content (AvgIpc) is 2.11. The Hall–Kier alpha value is -0.220. The highest BCUT2D eigenvalue weighted by Crippen LogP contribution is 2.57. The van der Waals surface area contributed by atoms with Crippen molar-refractivity contribution < 1.29 is 13.5 Å². The molecule has 1 spiro atoms. The third-order valence-corrected chi connectivity index (χ3v) is 3.36. The Balaban J connectivity index is 0.000000531. The summed E-state index contributed by atoms with van der Waals surface area (Å²) in [5.41, 5.74) is -0.970. The molecule has 1 aliphatic heterocycles. The number of nitrogens with zero attached hydrogens (tertiary/aromatic N) is 1. The largest absolute Gasteiger partial charge is 0.372 e. The van der Waals surface area contributed by atoms with Crippen molar-refractivity contribution >= 4 is 0 Å². The number of likely N-dealkylation sites (tertiary alicyclic amines) is 1. The summed E-state index contributed by atoms with van der Waals surface area (Å²) in [5.74, 6) is 0. The highest BCUT2D eigenvalue weighted by molar-refractivity contribution is 5.12. The number of methoxy groups -OCH3 is 1. The van der Waals surface area contributed by atoms with Gasteiger partial charge in [-0.05, 0) is 19.9 Å². The molecule has 0 aromatic heterocycles. The van der Waals surface area contributed by atoms with Crippen LogP contribution in [0.25, 0.3) is 0 Å². The van der Waals surface area contributed by atoms with Crippen LogP contribution in [0.2, 0.25) is 0 Å². The zero-order chi connectivity index (χ0) is 11.7. The lowest BCUT2D eigenvalue weighted by Gasteiger charge is -2.62. The maximum absolute atomic E-state index is 12.6. The van der Waals surface area contributed by atoms with Crippen molar-refractivity contribution in [2.75, 3.05) is 27.2 Å². The van der Waals surface area contributed by atoms with Gasteiger partial charge in [-0.1, -0.05) is 13.8 Å². The van der Waals surface area contributed by atoms with Gasteiger partial charge in [0.1, 0.15) is 5.60 Å². The van der Waals surface area contributed by atoms with Crippen molar-refractivity contribution in [3.05, 3.63) is 0 Å². The van der Waals surface area contributed by atoms with E-state index < -0.39 is 12.0 Å². The molecule has 2 nitrogen and oxygen atoms in total. The fourth-order valence-corrected chi connectivity index (χ4v) is 2.93. The molecule has 2 aliphatic rings. The van der Waals surface area contributed by atoms with Crippen molar-refractivity contribution in [2.45, 2.75) is 38.7 Å². The van der Waals surface area contributed by atoms with Gasteiger partial charge >= 0.3 is 0 Å². The van der Waals surface area contributed by atoms with Crippen LogP contribution < -0.4 is 0 Å². The van der Waals surface area contributed by atoms with Gasteiger partial charge in [0.05, 0.1) is 0 Å². The van der Waals surface area contributed by atoms with E-state index in [-0.39, 0.29) is 5.41 Å². The van der Waals surface area contributed by atoms with E-state index >= 15 is 0 Å². The predicted octanol–water partition coefficient (Wildman–Crippen LogP) is 2.39. The van der Waals surface area contributed by atoms with Crippen molar-refractivity contribution in [1.29, 1.82) is 0 Å². The van der Waals surface area contributed by atoms with Gasteiger partial charge in [0.25, 0.3) is 6.43 Å². The number of rotatable bonds is 2. The Morgan fingerprint density at radius 1 is 1.20 bits per heavy atom. The number of hydrogen-bond acceptors (Lipinski definition) is 2. The summed E-state index contributed by atoms with van der Waals surface area (Å²) < 4.78 is 30.1. The minimum Gasteiger partial charge on any atom is -0.372 e. The summed E-state index contributed by atoms with van der Waals surface area (Å²) in [6.45, 7) is 5.90. The van der Waals surface area contributed by atoms with Gasteiger partial charge < -0.3 is 9.64 Å². The molecular formula is C11H21F2NO. The molecule has 0 N–H and O–H groups in total. The average molecular weight is 221 g/mol. The molecule has 0 radical (unpaired) electrons. The molecule has 2 fully saturated rings. The van der Waals surface area contributed by atoms with E-state index in [4.69, 9.17) is 4.74 Å². The van der Waals surface area contributed by atoms with Gasteiger partial charge in [0.2, 0.25) is 0 Å². The molecule has 0 bridgehead atoms. The number of halogens is 2. The molecule has 1 aliphatic carbocycles. The first-order valence-electron chi connectivity index (χ1n) is 5.54. The lowest BCUT2D eigenvalue weighted by atomic mass is 9.55. The maximum Gasteiger partial charge on any atom is 0.267 e. The lowest BCUT2D eigenvalue weighted by molar-refractivity contribution is -0.249. The van der Waals surface area contributed by atoms with E-state index in [0.29, 0.717) is 12.8 Å². The zero-order valence-electron chi connectivity index (χ0n) is 10.0.